The van der Waals surface area contributed by atoms with Gasteiger partial charge in [0.05, 0.1) is 11.3 Å². The van der Waals surface area contributed by atoms with Gasteiger partial charge < -0.3 is 30.5 Å². The number of carbonyl (C=O) groups excluding carboxylic acids is 1. The number of benzene rings is 2. The van der Waals surface area contributed by atoms with E-state index in [1.165, 1.54) is 11.8 Å². The molecule has 1 aliphatic heterocycles. The molecular weight excluding hydrogens is 500 g/mol. The van der Waals surface area contributed by atoms with Crippen molar-refractivity contribution in [3.8, 4) is 22.4 Å². The summed E-state index contributed by atoms with van der Waals surface area (Å²) >= 11 is 0. The number of aliphatic hydroxyl groups excluding tert-OH is 1. The van der Waals surface area contributed by atoms with Crippen molar-refractivity contribution in [2.24, 2.45) is 0 Å². The molecule has 208 valence electrons. The minimum absolute atomic E-state index is 0.0188. The molecule has 0 spiro atoms. The fourth-order valence-corrected chi connectivity index (χ4v) is 5.11. The number of H-pyrrole nitrogens is 1. The number of hydrogen-bond donors (Lipinski definition) is 4. The molecule has 0 bridgehead atoms. The summed E-state index contributed by atoms with van der Waals surface area (Å²) in [6, 6.07) is 16.7. The van der Waals surface area contributed by atoms with Crippen LogP contribution in [0.5, 0.6) is 0 Å². The monoisotopic (exact) mass is 538 g/mol. The van der Waals surface area contributed by atoms with Crippen molar-refractivity contribution in [1.29, 1.82) is 0 Å². The number of nitrogens with one attached hydrogen (secondary N) is 3. The van der Waals surface area contributed by atoms with E-state index in [0.29, 0.717) is 11.2 Å². The molecule has 8 heteroatoms. The summed E-state index contributed by atoms with van der Waals surface area (Å²) in [5.41, 5.74) is 8.06. The Morgan fingerprint density at radius 3 is 2.45 bits per heavy atom. The third-order valence-electron chi connectivity index (χ3n) is 7.41. The number of aryl methyl sites for hydroxylation is 1. The largest absolute Gasteiger partial charge is 0.370 e. The molecule has 2 aromatic carbocycles. The molecule has 0 aliphatic carbocycles. The fraction of sp³-hybridized carbons (Fsp3) is 0.312. The van der Waals surface area contributed by atoms with Crippen LogP contribution in [0.3, 0.4) is 0 Å². The van der Waals surface area contributed by atoms with Gasteiger partial charge in [0, 0.05) is 60.7 Å². The van der Waals surface area contributed by atoms with Gasteiger partial charge in [0.15, 0.2) is 0 Å². The zero-order valence-electron chi connectivity index (χ0n) is 23.7. The number of piperazine rings is 1. The molecule has 2 aromatic heterocycles. The summed E-state index contributed by atoms with van der Waals surface area (Å²) in [5.74, 6) is -0.157. The van der Waals surface area contributed by atoms with Crippen LogP contribution in [0, 0.1) is 6.92 Å². The van der Waals surface area contributed by atoms with Crippen molar-refractivity contribution in [1.82, 2.24) is 20.2 Å². The van der Waals surface area contributed by atoms with Gasteiger partial charge >= 0.3 is 0 Å². The Hall–Kier alpha value is -4.14. The number of aromatic nitrogens is 2. The maximum absolute atomic E-state index is 12.9. The van der Waals surface area contributed by atoms with E-state index < -0.39 is 6.23 Å². The molecule has 5 rings (SSSR count). The van der Waals surface area contributed by atoms with Gasteiger partial charge in [-0.05, 0) is 74.9 Å². The van der Waals surface area contributed by atoms with Crippen molar-refractivity contribution in [3.63, 3.8) is 0 Å². The maximum atomic E-state index is 12.9. The molecule has 4 aromatic rings. The number of likely N-dealkylation sites (N-methyl/N-ethyl adjacent to an activating group) is 1. The van der Waals surface area contributed by atoms with Crippen LogP contribution >= 0.6 is 0 Å². The second kappa shape index (κ2) is 11.5. The third kappa shape index (κ3) is 5.73. The number of carbonyl (C=O) groups is 1. The van der Waals surface area contributed by atoms with E-state index in [0.717, 1.165) is 65.2 Å². The van der Waals surface area contributed by atoms with E-state index in [9.17, 15) is 9.90 Å². The first-order valence-corrected chi connectivity index (χ1v) is 13.8. The Morgan fingerprint density at radius 1 is 1.07 bits per heavy atom. The lowest BCUT2D eigenvalue weighted by Gasteiger charge is -2.34. The van der Waals surface area contributed by atoms with Crippen molar-refractivity contribution < 1.29 is 9.90 Å². The van der Waals surface area contributed by atoms with Gasteiger partial charge in [0.1, 0.15) is 11.9 Å². The minimum atomic E-state index is -0.869. The van der Waals surface area contributed by atoms with Crippen LogP contribution in [-0.2, 0) is 0 Å². The second-order valence-corrected chi connectivity index (χ2v) is 10.8. The quantitative estimate of drug-likeness (QED) is 0.186. The number of aromatic amines is 1. The third-order valence-corrected chi connectivity index (χ3v) is 7.41. The van der Waals surface area contributed by atoms with Crippen LogP contribution in [0.4, 0.5) is 11.4 Å². The molecule has 8 nitrogen and oxygen atoms in total. The van der Waals surface area contributed by atoms with E-state index in [1.54, 1.807) is 6.20 Å². The van der Waals surface area contributed by atoms with E-state index >= 15 is 0 Å². The van der Waals surface area contributed by atoms with Crippen molar-refractivity contribution in [3.05, 3.63) is 78.5 Å². The molecule has 1 amide bonds. The summed E-state index contributed by atoms with van der Waals surface area (Å²) < 4.78 is 0. The highest BCUT2D eigenvalue weighted by molar-refractivity contribution is 6.06. The Balaban J connectivity index is 1.62. The standard InChI is InChI=1S/C32H38N6O2/c1-6-28(39)35-27-18-23(8-7-21(27)4)29-26-17-24(32(40)34-20(2)3)19-33-31(26)36-30(29)22-9-11-25(12-10-22)38-15-13-37(5)14-16-38/h6-12,17-20,28,35,39H,1,13-16H2,2-5H3,(H,33,36)(H,34,40). The van der Waals surface area contributed by atoms with Crippen molar-refractivity contribution in [2.45, 2.75) is 33.0 Å². The number of hydrogen-bond acceptors (Lipinski definition) is 6. The summed E-state index contributed by atoms with van der Waals surface area (Å²) in [5, 5.41) is 17.1. The Labute approximate surface area is 235 Å². The normalized spacial score (nSPS) is 14.9. The smallest absolute Gasteiger partial charge is 0.253 e. The predicted octanol–water partition coefficient (Wildman–Crippen LogP) is 5.01. The van der Waals surface area contributed by atoms with Crippen LogP contribution in [-0.4, -0.2) is 71.4 Å². The summed E-state index contributed by atoms with van der Waals surface area (Å²) in [6.45, 7) is 13.7. The van der Waals surface area contributed by atoms with Crippen LogP contribution in [0.15, 0.2) is 67.4 Å². The fourth-order valence-electron chi connectivity index (χ4n) is 5.11. The minimum Gasteiger partial charge on any atom is -0.370 e. The van der Waals surface area contributed by atoms with Crippen molar-refractivity contribution >= 4 is 28.3 Å². The number of fused-ring (bicyclic) bond motifs is 1. The van der Waals surface area contributed by atoms with Crippen LogP contribution < -0.4 is 15.5 Å². The molecule has 1 aliphatic rings. The zero-order chi connectivity index (χ0) is 28.4. The molecule has 40 heavy (non-hydrogen) atoms. The van der Waals surface area contributed by atoms with E-state index in [1.807, 2.05) is 39.0 Å². The SMILES string of the molecule is C=CC(O)Nc1cc(-c2c(-c3ccc(N4CCN(C)CC4)cc3)[nH]c3ncc(C(=O)NC(C)C)cc23)ccc1C. The highest BCUT2D eigenvalue weighted by Crippen LogP contribution is 2.40. The molecule has 0 saturated carbocycles. The van der Waals surface area contributed by atoms with E-state index in [4.69, 9.17) is 0 Å². The van der Waals surface area contributed by atoms with Gasteiger partial charge in [-0.2, -0.15) is 0 Å². The summed E-state index contributed by atoms with van der Waals surface area (Å²) in [6.07, 6.45) is 2.20. The average molecular weight is 539 g/mol. The molecule has 1 unspecified atom stereocenters. The van der Waals surface area contributed by atoms with Gasteiger partial charge in [-0.15, -0.1) is 0 Å². The summed E-state index contributed by atoms with van der Waals surface area (Å²) in [7, 11) is 2.16. The second-order valence-electron chi connectivity index (χ2n) is 10.8. The maximum Gasteiger partial charge on any atom is 0.253 e. The lowest BCUT2D eigenvalue weighted by molar-refractivity contribution is 0.0943. The zero-order valence-corrected chi connectivity index (χ0v) is 23.7. The summed E-state index contributed by atoms with van der Waals surface area (Å²) in [4.78, 5) is 25.8. The van der Waals surface area contributed by atoms with E-state index in [-0.39, 0.29) is 11.9 Å². The Kier molecular flexibility index (Phi) is 7.91. The molecule has 1 fully saturated rings. The Bertz CT molecular complexity index is 1520. The molecule has 3 heterocycles. The lowest BCUT2D eigenvalue weighted by Crippen LogP contribution is -2.44. The topological polar surface area (TPSA) is 96.5 Å². The van der Waals surface area contributed by atoms with Crippen LogP contribution in [0.1, 0.15) is 29.8 Å². The number of pyridine rings is 1. The lowest BCUT2D eigenvalue weighted by atomic mass is 9.96. The average Bonchev–Trinajstić information content (AvgIpc) is 3.33. The predicted molar refractivity (Wildman–Crippen MR) is 164 cm³/mol. The molecule has 0 radical (unpaired) electrons. The number of anilines is 2. The van der Waals surface area contributed by atoms with Gasteiger partial charge in [-0.25, -0.2) is 4.98 Å². The first-order chi connectivity index (χ1) is 19.2. The van der Waals surface area contributed by atoms with Crippen LogP contribution in [0.25, 0.3) is 33.4 Å². The Morgan fingerprint density at radius 2 is 1.77 bits per heavy atom. The first-order valence-electron chi connectivity index (χ1n) is 13.8. The highest BCUT2D eigenvalue weighted by atomic mass is 16.3. The van der Waals surface area contributed by atoms with E-state index in [2.05, 4.69) is 74.4 Å². The molecular formula is C32H38N6O2. The van der Waals surface area contributed by atoms with Crippen LogP contribution in [0.2, 0.25) is 0 Å². The first kappa shape index (κ1) is 27.4. The highest BCUT2D eigenvalue weighted by Gasteiger charge is 2.20. The van der Waals surface area contributed by atoms with Crippen molar-refractivity contribution in [2.75, 3.05) is 43.4 Å². The number of amides is 1. The number of rotatable bonds is 8. The van der Waals surface area contributed by atoms with Gasteiger partial charge in [0.25, 0.3) is 5.91 Å². The molecule has 1 atom stereocenters. The van der Waals surface area contributed by atoms with Gasteiger partial charge in [-0.3, -0.25) is 4.79 Å². The number of nitrogens with zero attached hydrogens (tertiary/aromatic N) is 3. The van der Waals surface area contributed by atoms with Gasteiger partial charge in [-0.1, -0.05) is 30.8 Å². The number of aliphatic hydroxyl groups is 1. The molecule has 4 N–H and O–H groups in total. The van der Waals surface area contributed by atoms with Gasteiger partial charge in [0.2, 0.25) is 0 Å². The molecule has 1 saturated heterocycles.